The predicted octanol–water partition coefficient (Wildman–Crippen LogP) is 3.26. The van der Waals surface area contributed by atoms with Crippen LogP contribution < -0.4 is 15.2 Å². The van der Waals surface area contributed by atoms with Crippen molar-refractivity contribution in [2.24, 2.45) is 0 Å². The number of nitrogens with two attached hydrogens (primary N) is 1. The standard InChI is InChI=1S/C16H23N3O2/c1-5-6-9-19-11(2)18-15(16(19)17)12-7-8-13(20-3)14(10-12)21-4/h7-8,10H,5-6,9,17H2,1-4H3. The number of aryl methyl sites for hydroxylation is 1. The third kappa shape index (κ3) is 2.96. The van der Waals surface area contributed by atoms with Crippen LogP contribution in [0.4, 0.5) is 5.82 Å². The fraction of sp³-hybridized carbons (Fsp3) is 0.438. The molecule has 5 heteroatoms. The molecule has 0 unspecified atom stereocenters. The lowest BCUT2D eigenvalue weighted by molar-refractivity contribution is 0.355. The van der Waals surface area contributed by atoms with Gasteiger partial charge in [0.15, 0.2) is 11.5 Å². The van der Waals surface area contributed by atoms with Gasteiger partial charge in [0.2, 0.25) is 0 Å². The first-order valence-electron chi connectivity index (χ1n) is 7.17. The number of nitrogens with zero attached hydrogens (tertiary/aromatic N) is 2. The van der Waals surface area contributed by atoms with E-state index in [4.69, 9.17) is 15.2 Å². The predicted molar refractivity (Wildman–Crippen MR) is 84.8 cm³/mol. The molecule has 0 spiro atoms. The van der Waals surface area contributed by atoms with E-state index >= 15 is 0 Å². The summed E-state index contributed by atoms with van der Waals surface area (Å²) < 4.78 is 12.7. The molecule has 5 nitrogen and oxygen atoms in total. The van der Waals surface area contributed by atoms with Gasteiger partial charge in [-0.1, -0.05) is 13.3 Å². The number of hydrogen-bond donors (Lipinski definition) is 1. The average molecular weight is 289 g/mol. The molecule has 1 aromatic carbocycles. The lowest BCUT2D eigenvalue weighted by atomic mass is 10.1. The van der Waals surface area contributed by atoms with Gasteiger partial charge in [0.25, 0.3) is 0 Å². The summed E-state index contributed by atoms with van der Waals surface area (Å²) in [7, 11) is 3.24. The van der Waals surface area contributed by atoms with Gasteiger partial charge >= 0.3 is 0 Å². The molecule has 1 aromatic heterocycles. The van der Waals surface area contributed by atoms with Crippen LogP contribution in [0.3, 0.4) is 0 Å². The van der Waals surface area contributed by atoms with Crippen LogP contribution in [0.25, 0.3) is 11.3 Å². The molecule has 2 N–H and O–H groups in total. The highest BCUT2D eigenvalue weighted by atomic mass is 16.5. The Morgan fingerprint density at radius 2 is 1.90 bits per heavy atom. The molecular formula is C16H23N3O2. The second kappa shape index (κ2) is 6.52. The molecular weight excluding hydrogens is 266 g/mol. The number of nitrogen functional groups attached to an aromatic ring is 1. The first-order chi connectivity index (χ1) is 10.1. The second-order valence-electron chi connectivity index (χ2n) is 4.97. The van der Waals surface area contributed by atoms with Crippen LogP contribution in [0.2, 0.25) is 0 Å². The molecule has 0 bridgehead atoms. The summed E-state index contributed by atoms with van der Waals surface area (Å²) in [6, 6.07) is 5.72. The lowest BCUT2D eigenvalue weighted by Crippen LogP contribution is -2.05. The van der Waals surface area contributed by atoms with Crippen LogP contribution in [0.1, 0.15) is 25.6 Å². The average Bonchev–Trinajstić information content (AvgIpc) is 2.79. The third-order valence-corrected chi connectivity index (χ3v) is 3.59. The monoisotopic (exact) mass is 289 g/mol. The fourth-order valence-electron chi connectivity index (χ4n) is 2.38. The van der Waals surface area contributed by atoms with Crippen LogP contribution in [0.15, 0.2) is 18.2 Å². The maximum absolute atomic E-state index is 6.27. The Kier molecular flexibility index (Phi) is 4.73. The van der Waals surface area contributed by atoms with Gasteiger partial charge < -0.3 is 19.8 Å². The molecule has 0 aliphatic heterocycles. The Morgan fingerprint density at radius 1 is 1.19 bits per heavy atom. The van der Waals surface area contributed by atoms with Gasteiger partial charge in [-0.25, -0.2) is 4.98 Å². The molecule has 0 fully saturated rings. The summed E-state index contributed by atoms with van der Waals surface area (Å²) in [5.41, 5.74) is 8.00. The van der Waals surface area contributed by atoms with Gasteiger partial charge in [-0.05, 0) is 31.5 Å². The zero-order valence-corrected chi connectivity index (χ0v) is 13.1. The summed E-state index contributed by atoms with van der Waals surface area (Å²) in [6.07, 6.45) is 2.22. The van der Waals surface area contributed by atoms with Crippen molar-refractivity contribution in [2.75, 3.05) is 20.0 Å². The molecule has 21 heavy (non-hydrogen) atoms. The van der Waals surface area contributed by atoms with Crippen LogP contribution in [-0.4, -0.2) is 23.8 Å². The van der Waals surface area contributed by atoms with E-state index in [1.165, 1.54) is 0 Å². The van der Waals surface area contributed by atoms with Crippen LogP contribution in [-0.2, 0) is 6.54 Å². The van der Waals surface area contributed by atoms with E-state index in [1.54, 1.807) is 14.2 Å². The van der Waals surface area contributed by atoms with E-state index in [-0.39, 0.29) is 0 Å². The molecule has 0 saturated heterocycles. The van der Waals surface area contributed by atoms with Gasteiger partial charge in [0.05, 0.1) is 14.2 Å². The normalized spacial score (nSPS) is 10.7. The van der Waals surface area contributed by atoms with Crippen LogP contribution in [0, 0.1) is 6.92 Å². The smallest absolute Gasteiger partial charge is 0.161 e. The van der Waals surface area contributed by atoms with Gasteiger partial charge in [-0.3, -0.25) is 0 Å². The Morgan fingerprint density at radius 3 is 2.52 bits per heavy atom. The second-order valence-corrected chi connectivity index (χ2v) is 4.97. The molecule has 1 heterocycles. The van der Waals surface area contributed by atoms with Crippen molar-refractivity contribution >= 4 is 5.82 Å². The van der Waals surface area contributed by atoms with E-state index in [1.807, 2.05) is 25.1 Å². The number of hydrogen-bond acceptors (Lipinski definition) is 4. The van der Waals surface area contributed by atoms with Crippen LogP contribution in [0.5, 0.6) is 11.5 Å². The number of ether oxygens (including phenoxy) is 2. The maximum Gasteiger partial charge on any atom is 0.161 e. The van der Waals surface area contributed by atoms with Gasteiger partial charge in [0.1, 0.15) is 17.3 Å². The minimum absolute atomic E-state index is 0.676. The molecule has 0 radical (unpaired) electrons. The minimum Gasteiger partial charge on any atom is -0.493 e. The summed E-state index contributed by atoms with van der Waals surface area (Å²) >= 11 is 0. The summed E-state index contributed by atoms with van der Waals surface area (Å²) in [5, 5.41) is 0. The van der Waals surface area contributed by atoms with Crippen molar-refractivity contribution in [3.63, 3.8) is 0 Å². The first-order valence-corrected chi connectivity index (χ1v) is 7.17. The molecule has 0 amide bonds. The number of anilines is 1. The molecule has 0 aliphatic carbocycles. The van der Waals surface area contributed by atoms with Crippen molar-refractivity contribution in [3.05, 3.63) is 24.0 Å². The molecule has 2 rings (SSSR count). The van der Waals surface area contributed by atoms with Crippen molar-refractivity contribution in [3.8, 4) is 22.8 Å². The molecule has 0 atom stereocenters. The van der Waals surface area contributed by atoms with Gasteiger partial charge in [-0.2, -0.15) is 0 Å². The Labute approximate surface area is 125 Å². The molecule has 114 valence electrons. The minimum atomic E-state index is 0.676. The van der Waals surface area contributed by atoms with Crippen molar-refractivity contribution in [1.29, 1.82) is 0 Å². The Bertz CT molecular complexity index is 620. The Balaban J connectivity index is 2.42. The number of methoxy groups -OCH3 is 2. The van der Waals surface area contributed by atoms with E-state index in [9.17, 15) is 0 Å². The zero-order valence-electron chi connectivity index (χ0n) is 13.1. The van der Waals surface area contributed by atoms with E-state index in [0.29, 0.717) is 17.3 Å². The lowest BCUT2D eigenvalue weighted by Gasteiger charge is -2.09. The summed E-state index contributed by atoms with van der Waals surface area (Å²) in [4.78, 5) is 4.61. The third-order valence-electron chi connectivity index (χ3n) is 3.59. The van der Waals surface area contributed by atoms with Gasteiger partial charge in [0, 0.05) is 12.1 Å². The summed E-state index contributed by atoms with van der Waals surface area (Å²) in [5.74, 6) is 3.01. The van der Waals surface area contributed by atoms with Crippen LogP contribution >= 0.6 is 0 Å². The largest absolute Gasteiger partial charge is 0.493 e. The van der Waals surface area contributed by atoms with E-state index < -0.39 is 0 Å². The fourth-order valence-corrected chi connectivity index (χ4v) is 2.38. The number of imidazole rings is 1. The summed E-state index contributed by atoms with van der Waals surface area (Å²) in [6.45, 7) is 5.04. The van der Waals surface area contributed by atoms with E-state index in [2.05, 4.69) is 16.5 Å². The number of rotatable bonds is 6. The number of aromatic nitrogens is 2. The highest BCUT2D eigenvalue weighted by Crippen LogP contribution is 2.34. The number of benzene rings is 1. The molecule has 0 aliphatic rings. The van der Waals surface area contributed by atoms with E-state index in [0.717, 1.165) is 36.5 Å². The van der Waals surface area contributed by atoms with Crippen molar-refractivity contribution < 1.29 is 9.47 Å². The zero-order chi connectivity index (χ0) is 15.4. The highest BCUT2D eigenvalue weighted by Gasteiger charge is 2.15. The highest BCUT2D eigenvalue weighted by molar-refractivity contribution is 5.73. The molecule has 0 saturated carbocycles. The SMILES string of the molecule is CCCCn1c(C)nc(-c2ccc(OC)c(OC)c2)c1N. The van der Waals surface area contributed by atoms with Gasteiger partial charge in [-0.15, -0.1) is 0 Å². The quantitative estimate of drug-likeness (QED) is 0.886. The van der Waals surface area contributed by atoms with Crippen molar-refractivity contribution in [1.82, 2.24) is 9.55 Å². The molecule has 2 aromatic rings. The first kappa shape index (κ1) is 15.2. The Hall–Kier alpha value is -2.17. The number of unbranched alkanes of at least 4 members (excludes halogenated alkanes) is 1. The topological polar surface area (TPSA) is 62.3 Å². The van der Waals surface area contributed by atoms with Crippen molar-refractivity contribution in [2.45, 2.75) is 33.2 Å². The maximum atomic E-state index is 6.27.